The number of amides is 1. The van der Waals surface area contributed by atoms with E-state index in [1.54, 1.807) is 0 Å². The van der Waals surface area contributed by atoms with E-state index < -0.39 is 28.5 Å². The molecule has 0 aromatic heterocycles. The first-order valence-corrected chi connectivity index (χ1v) is 5.93. The van der Waals surface area contributed by atoms with Crippen molar-refractivity contribution in [1.82, 2.24) is 0 Å². The monoisotopic (exact) mass is 297 g/mol. The highest BCUT2D eigenvalue weighted by atomic mass is 16.6. The van der Waals surface area contributed by atoms with Crippen molar-refractivity contribution < 1.29 is 24.4 Å². The van der Waals surface area contributed by atoms with E-state index in [1.165, 1.54) is 19.2 Å². The van der Waals surface area contributed by atoms with E-state index in [-0.39, 0.29) is 24.3 Å². The van der Waals surface area contributed by atoms with Crippen molar-refractivity contribution in [3.63, 3.8) is 0 Å². The molecule has 0 saturated heterocycles. The molecule has 1 unspecified atom stereocenters. The Morgan fingerprint density at radius 2 is 2.19 bits per heavy atom. The predicted molar refractivity (Wildman–Crippen MR) is 73.2 cm³/mol. The maximum absolute atomic E-state index is 11.1. The molecule has 114 valence electrons. The molecule has 0 aliphatic heterocycles. The van der Waals surface area contributed by atoms with Gasteiger partial charge >= 0.3 is 5.97 Å². The molecule has 0 spiro atoms. The maximum atomic E-state index is 11.1. The number of nitro benzene ring substituents is 1. The highest BCUT2D eigenvalue weighted by Crippen LogP contribution is 2.26. The molecule has 0 aliphatic carbocycles. The number of ether oxygens (including phenoxy) is 1. The van der Waals surface area contributed by atoms with Crippen molar-refractivity contribution in [1.29, 1.82) is 0 Å². The molecule has 0 heterocycles. The average molecular weight is 297 g/mol. The van der Waals surface area contributed by atoms with Crippen molar-refractivity contribution in [2.24, 2.45) is 5.73 Å². The summed E-state index contributed by atoms with van der Waals surface area (Å²) in [6, 6.07) is 2.48. The molecule has 1 rings (SSSR count). The van der Waals surface area contributed by atoms with Crippen LogP contribution in [0.3, 0.4) is 0 Å². The van der Waals surface area contributed by atoms with Crippen molar-refractivity contribution >= 4 is 23.3 Å². The topological polar surface area (TPSA) is 145 Å². The fourth-order valence-corrected chi connectivity index (χ4v) is 1.64. The number of carboxylic acid groups (broad SMARTS) is 1. The summed E-state index contributed by atoms with van der Waals surface area (Å²) in [5.74, 6) is -1.97. The lowest BCUT2D eigenvalue weighted by Crippen LogP contribution is -2.30. The van der Waals surface area contributed by atoms with Gasteiger partial charge in [-0.15, -0.1) is 0 Å². The third kappa shape index (κ3) is 4.42. The number of carbonyl (C=O) groups excluding carboxylic acids is 1. The number of hydrogen-bond donors (Lipinski definition) is 3. The highest BCUT2D eigenvalue weighted by Gasteiger charge is 2.22. The van der Waals surface area contributed by atoms with Crippen molar-refractivity contribution in [2.75, 3.05) is 19.0 Å². The van der Waals surface area contributed by atoms with Gasteiger partial charge in [0.25, 0.3) is 5.69 Å². The molecular weight excluding hydrogens is 282 g/mol. The zero-order valence-corrected chi connectivity index (χ0v) is 11.2. The number of carbonyl (C=O) groups is 2. The quantitative estimate of drug-likeness (QED) is 0.470. The fraction of sp³-hybridized carbons (Fsp3) is 0.333. The number of rotatable bonds is 8. The number of aliphatic carboxylic acids is 1. The van der Waals surface area contributed by atoms with Crippen LogP contribution in [0, 0.1) is 10.1 Å². The van der Waals surface area contributed by atoms with Crippen LogP contribution in [0.15, 0.2) is 18.2 Å². The molecule has 0 radical (unpaired) electrons. The summed E-state index contributed by atoms with van der Waals surface area (Å²) in [6.45, 7) is 0.178. The number of methoxy groups -OCH3 is 1. The summed E-state index contributed by atoms with van der Waals surface area (Å²) in [5, 5.41) is 22.6. The van der Waals surface area contributed by atoms with Crippen LogP contribution in [-0.4, -0.2) is 41.7 Å². The molecule has 9 nitrogen and oxygen atoms in total. The summed E-state index contributed by atoms with van der Waals surface area (Å²) >= 11 is 0. The van der Waals surface area contributed by atoms with Gasteiger partial charge in [0.05, 0.1) is 4.92 Å². The van der Waals surface area contributed by atoms with Crippen LogP contribution in [0.4, 0.5) is 11.4 Å². The first kappa shape index (κ1) is 16.4. The van der Waals surface area contributed by atoms with Gasteiger partial charge < -0.3 is 20.9 Å². The lowest BCUT2D eigenvalue weighted by molar-refractivity contribution is -0.384. The molecule has 0 fully saturated rings. The van der Waals surface area contributed by atoms with Crippen LogP contribution in [0.25, 0.3) is 0 Å². The standard InChI is InChI=1S/C12H15N3O6/c1-21-5-4-9(12(17)18)14-8-3-2-7(11(13)16)6-10(8)15(19)20/h2-3,6,9,14H,4-5H2,1H3,(H2,13,16)(H,17,18). The summed E-state index contributed by atoms with van der Waals surface area (Å²) in [5.41, 5.74) is 4.60. The molecular formula is C12H15N3O6. The zero-order chi connectivity index (χ0) is 16.0. The summed E-state index contributed by atoms with van der Waals surface area (Å²) in [4.78, 5) is 32.4. The molecule has 1 aromatic carbocycles. The largest absolute Gasteiger partial charge is 0.480 e. The van der Waals surface area contributed by atoms with E-state index in [9.17, 15) is 19.7 Å². The number of nitro groups is 1. The lowest BCUT2D eigenvalue weighted by atomic mass is 10.1. The first-order chi connectivity index (χ1) is 9.86. The Morgan fingerprint density at radius 1 is 1.52 bits per heavy atom. The van der Waals surface area contributed by atoms with Crippen LogP contribution in [-0.2, 0) is 9.53 Å². The van der Waals surface area contributed by atoms with E-state index in [4.69, 9.17) is 15.6 Å². The van der Waals surface area contributed by atoms with Gasteiger partial charge in [-0.25, -0.2) is 4.79 Å². The van der Waals surface area contributed by atoms with Crippen LogP contribution < -0.4 is 11.1 Å². The lowest BCUT2D eigenvalue weighted by Gasteiger charge is -2.15. The third-order valence-electron chi connectivity index (χ3n) is 2.72. The van der Waals surface area contributed by atoms with E-state index in [1.807, 2.05) is 0 Å². The van der Waals surface area contributed by atoms with Crippen LogP contribution in [0.2, 0.25) is 0 Å². The molecule has 1 aromatic rings. The molecule has 1 amide bonds. The van der Waals surface area contributed by atoms with Gasteiger partial charge in [-0.05, 0) is 12.1 Å². The minimum atomic E-state index is -1.17. The van der Waals surface area contributed by atoms with Crippen molar-refractivity contribution in [3.8, 4) is 0 Å². The SMILES string of the molecule is COCCC(Nc1ccc(C(N)=O)cc1[N+](=O)[O-])C(=O)O. The number of nitrogens with one attached hydrogen (secondary N) is 1. The highest BCUT2D eigenvalue weighted by molar-refractivity contribution is 5.94. The second-order valence-corrected chi connectivity index (χ2v) is 4.17. The summed E-state index contributed by atoms with van der Waals surface area (Å²) in [6.07, 6.45) is 0.126. The minimum Gasteiger partial charge on any atom is -0.480 e. The fourth-order valence-electron chi connectivity index (χ4n) is 1.64. The predicted octanol–water partition coefficient (Wildman–Crippen LogP) is 0.595. The van der Waals surface area contributed by atoms with E-state index in [2.05, 4.69) is 5.32 Å². The molecule has 0 saturated carbocycles. The van der Waals surface area contributed by atoms with E-state index >= 15 is 0 Å². The Hall–Kier alpha value is -2.68. The van der Waals surface area contributed by atoms with Gasteiger partial charge in [0, 0.05) is 31.8 Å². The number of nitrogens with two attached hydrogens (primary N) is 1. The third-order valence-corrected chi connectivity index (χ3v) is 2.72. The van der Waals surface area contributed by atoms with Crippen molar-refractivity contribution in [3.05, 3.63) is 33.9 Å². The molecule has 9 heteroatoms. The van der Waals surface area contributed by atoms with Crippen LogP contribution in [0.5, 0.6) is 0 Å². The van der Waals surface area contributed by atoms with Crippen LogP contribution >= 0.6 is 0 Å². The maximum Gasteiger partial charge on any atom is 0.326 e. The first-order valence-electron chi connectivity index (χ1n) is 5.93. The molecule has 0 bridgehead atoms. The Morgan fingerprint density at radius 3 is 2.67 bits per heavy atom. The summed E-state index contributed by atoms with van der Waals surface area (Å²) < 4.78 is 4.79. The second kappa shape index (κ2) is 7.20. The second-order valence-electron chi connectivity index (χ2n) is 4.17. The Balaban J connectivity index is 3.07. The smallest absolute Gasteiger partial charge is 0.326 e. The number of carboxylic acids is 1. The van der Waals surface area contributed by atoms with Gasteiger partial charge in [-0.3, -0.25) is 14.9 Å². The van der Waals surface area contributed by atoms with Crippen molar-refractivity contribution in [2.45, 2.75) is 12.5 Å². The number of hydrogen-bond acceptors (Lipinski definition) is 6. The molecule has 1 atom stereocenters. The van der Waals surface area contributed by atoms with Gasteiger partial charge in [-0.1, -0.05) is 0 Å². The normalized spacial score (nSPS) is 11.7. The zero-order valence-electron chi connectivity index (χ0n) is 11.2. The molecule has 0 aliphatic rings. The van der Waals surface area contributed by atoms with Gasteiger partial charge in [0.1, 0.15) is 11.7 Å². The minimum absolute atomic E-state index is 0.00602. The molecule has 21 heavy (non-hydrogen) atoms. The van der Waals surface area contributed by atoms with E-state index in [0.717, 1.165) is 6.07 Å². The Kier molecular flexibility index (Phi) is 5.61. The van der Waals surface area contributed by atoms with Gasteiger partial charge in [-0.2, -0.15) is 0 Å². The summed E-state index contributed by atoms with van der Waals surface area (Å²) in [7, 11) is 1.42. The number of benzene rings is 1. The van der Waals surface area contributed by atoms with Gasteiger partial charge in [0.2, 0.25) is 5.91 Å². The van der Waals surface area contributed by atoms with Crippen LogP contribution in [0.1, 0.15) is 16.8 Å². The van der Waals surface area contributed by atoms with Gasteiger partial charge in [0.15, 0.2) is 0 Å². The van der Waals surface area contributed by atoms with E-state index in [0.29, 0.717) is 0 Å². The number of nitrogens with zero attached hydrogens (tertiary/aromatic N) is 1. The number of anilines is 1. The number of primary amides is 1. The Bertz CT molecular complexity index is 560. The average Bonchev–Trinajstić information content (AvgIpc) is 2.42. The Labute approximate surface area is 119 Å². The molecule has 4 N–H and O–H groups in total.